The Labute approximate surface area is 208 Å². The van der Waals surface area contributed by atoms with Gasteiger partial charge in [0, 0.05) is 31.5 Å². The summed E-state index contributed by atoms with van der Waals surface area (Å²) < 4.78 is 14.6. The lowest BCUT2D eigenvalue weighted by molar-refractivity contribution is -0.141. The third-order valence-electron chi connectivity index (χ3n) is 6.19. The average molecular weight is 475 g/mol. The summed E-state index contributed by atoms with van der Waals surface area (Å²) >= 11 is 0. The Morgan fingerprint density at radius 3 is 2.17 bits per heavy atom. The first-order valence-electron chi connectivity index (χ1n) is 12.3. The van der Waals surface area contributed by atoms with E-state index in [9.17, 15) is 14.0 Å². The van der Waals surface area contributed by atoms with Gasteiger partial charge in [-0.2, -0.15) is 0 Å². The number of hydrogen-bond acceptors (Lipinski definition) is 2. The molecule has 0 saturated carbocycles. The number of aryl methyl sites for hydroxylation is 1. The second-order valence-electron chi connectivity index (χ2n) is 9.11. The van der Waals surface area contributed by atoms with Gasteiger partial charge in [0.15, 0.2) is 0 Å². The second-order valence-corrected chi connectivity index (χ2v) is 9.11. The molecule has 0 heterocycles. The molecule has 0 saturated heterocycles. The largest absolute Gasteiger partial charge is 0.355 e. The van der Waals surface area contributed by atoms with Crippen molar-refractivity contribution < 1.29 is 14.0 Å². The van der Waals surface area contributed by atoms with E-state index in [0.29, 0.717) is 30.9 Å². The molecule has 0 aliphatic carbocycles. The maximum atomic E-state index is 14.6. The molecule has 5 heteroatoms. The Morgan fingerprint density at radius 2 is 1.54 bits per heavy atom. The van der Waals surface area contributed by atoms with Gasteiger partial charge in [0.05, 0.1) is 0 Å². The van der Waals surface area contributed by atoms with Crippen molar-refractivity contribution in [1.82, 2.24) is 10.2 Å². The lowest BCUT2D eigenvalue weighted by atomic mass is 9.99. The first-order valence-corrected chi connectivity index (χ1v) is 12.3. The normalized spacial score (nSPS) is 11.8. The van der Waals surface area contributed by atoms with Gasteiger partial charge in [-0.15, -0.1) is 0 Å². The molecule has 1 N–H and O–H groups in total. The van der Waals surface area contributed by atoms with Crippen LogP contribution in [0.1, 0.15) is 55.4 Å². The molecule has 0 aliphatic rings. The van der Waals surface area contributed by atoms with Crippen molar-refractivity contribution in [2.24, 2.45) is 0 Å². The fourth-order valence-electron chi connectivity index (χ4n) is 4.12. The summed E-state index contributed by atoms with van der Waals surface area (Å²) in [6.07, 6.45) is 1.15. The van der Waals surface area contributed by atoms with Crippen LogP contribution in [0.2, 0.25) is 0 Å². The van der Waals surface area contributed by atoms with Gasteiger partial charge in [-0.3, -0.25) is 9.59 Å². The van der Waals surface area contributed by atoms with Crippen molar-refractivity contribution in [3.63, 3.8) is 0 Å². The molecule has 0 bridgehead atoms. The molecule has 3 aromatic rings. The van der Waals surface area contributed by atoms with E-state index in [1.165, 1.54) is 11.6 Å². The number of amides is 2. The quantitative estimate of drug-likeness (QED) is 0.390. The van der Waals surface area contributed by atoms with Crippen molar-refractivity contribution in [3.05, 3.63) is 107 Å². The minimum atomic E-state index is -0.743. The maximum absolute atomic E-state index is 14.6. The summed E-state index contributed by atoms with van der Waals surface area (Å²) in [6.45, 7) is 6.63. The van der Waals surface area contributed by atoms with Crippen molar-refractivity contribution in [3.8, 4) is 0 Å². The molecule has 3 rings (SSSR count). The number of carbonyl (C=O) groups is 2. The molecule has 0 aromatic heterocycles. The zero-order chi connectivity index (χ0) is 25.2. The number of nitrogens with zero attached hydrogens (tertiary/aromatic N) is 1. The van der Waals surface area contributed by atoms with Gasteiger partial charge >= 0.3 is 0 Å². The Hall–Kier alpha value is -3.47. The van der Waals surface area contributed by atoms with Crippen molar-refractivity contribution in [2.75, 3.05) is 6.54 Å². The van der Waals surface area contributed by atoms with Crippen LogP contribution in [-0.2, 0) is 29.0 Å². The van der Waals surface area contributed by atoms with Crippen LogP contribution < -0.4 is 5.32 Å². The van der Waals surface area contributed by atoms with E-state index in [0.717, 1.165) is 11.1 Å². The van der Waals surface area contributed by atoms with Crippen LogP contribution in [0.4, 0.5) is 4.39 Å². The second kappa shape index (κ2) is 12.8. The molecule has 3 aromatic carbocycles. The molecule has 0 aliphatic heterocycles. The number of nitrogens with one attached hydrogen (secondary N) is 1. The number of halogens is 1. The van der Waals surface area contributed by atoms with Crippen molar-refractivity contribution >= 4 is 11.8 Å². The van der Waals surface area contributed by atoms with E-state index in [4.69, 9.17) is 0 Å². The SMILES string of the molecule is CCNC(=O)[C@@H](Cc1ccccc1)N(Cc1ccccc1F)C(=O)CCc1ccc(C(C)C)cc1. The lowest BCUT2D eigenvalue weighted by Gasteiger charge is -2.31. The summed E-state index contributed by atoms with van der Waals surface area (Å²) in [4.78, 5) is 28.3. The minimum Gasteiger partial charge on any atom is -0.355 e. The van der Waals surface area contributed by atoms with Gasteiger partial charge in [-0.25, -0.2) is 4.39 Å². The average Bonchev–Trinajstić information content (AvgIpc) is 2.86. The summed E-state index contributed by atoms with van der Waals surface area (Å²) in [5.41, 5.74) is 3.65. The summed E-state index contributed by atoms with van der Waals surface area (Å²) in [5, 5.41) is 2.87. The van der Waals surface area contributed by atoms with Gasteiger partial charge in [0.25, 0.3) is 0 Å². The molecular weight excluding hydrogens is 439 g/mol. The fraction of sp³-hybridized carbons (Fsp3) is 0.333. The smallest absolute Gasteiger partial charge is 0.243 e. The highest BCUT2D eigenvalue weighted by atomic mass is 19.1. The Kier molecular flexibility index (Phi) is 9.59. The van der Waals surface area contributed by atoms with E-state index >= 15 is 0 Å². The Bertz CT molecular complexity index is 1100. The van der Waals surface area contributed by atoms with Gasteiger partial charge < -0.3 is 10.2 Å². The monoisotopic (exact) mass is 474 g/mol. The predicted octanol–water partition coefficient (Wildman–Crippen LogP) is 5.66. The van der Waals surface area contributed by atoms with Crippen molar-refractivity contribution in [1.29, 1.82) is 0 Å². The minimum absolute atomic E-state index is 0.0342. The molecule has 0 unspecified atom stereocenters. The molecule has 0 radical (unpaired) electrons. The van der Waals surface area contributed by atoms with Crippen LogP contribution in [0.3, 0.4) is 0 Å². The number of likely N-dealkylation sites (N-methyl/N-ethyl adjacent to an activating group) is 1. The van der Waals surface area contributed by atoms with Crippen LogP contribution in [0.25, 0.3) is 0 Å². The molecule has 4 nitrogen and oxygen atoms in total. The summed E-state index contributed by atoms with van der Waals surface area (Å²) in [6, 6.07) is 23.6. The number of carbonyl (C=O) groups excluding carboxylic acids is 2. The zero-order valence-corrected chi connectivity index (χ0v) is 20.8. The molecule has 0 spiro atoms. The van der Waals surface area contributed by atoms with Crippen LogP contribution >= 0.6 is 0 Å². The van der Waals surface area contributed by atoms with Crippen LogP contribution in [0.5, 0.6) is 0 Å². The number of hydrogen-bond donors (Lipinski definition) is 1. The van der Waals surface area contributed by atoms with E-state index < -0.39 is 6.04 Å². The molecule has 1 atom stereocenters. The van der Waals surface area contributed by atoms with E-state index in [1.807, 2.05) is 37.3 Å². The third kappa shape index (κ3) is 7.51. The molecule has 35 heavy (non-hydrogen) atoms. The molecule has 184 valence electrons. The van der Waals surface area contributed by atoms with Crippen molar-refractivity contribution in [2.45, 2.75) is 58.5 Å². The number of rotatable bonds is 11. The number of benzene rings is 3. The standard InChI is InChI=1S/C30H35FN2O2/c1-4-32-30(35)28(20-24-10-6-5-7-11-24)33(21-26-12-8-9-13-27(26)31)29(34)19-16-23-14-17-25(18-15-23)22(2)3/h5-15,17-18,22,28H,4,16,19-21H2,1-3H3,(H,32,35)/t28-/m1/s1. The Morgan fingerprint density at radius 1 is 0.886 bits per heavy atom. The first kappa shape index (κ1) is 26.1. The molecule has 2 amide bonds. The molecule has 0 fully saturated rings. The fourth-order valence-corrected chi connectivity index (χ4v) is 4.12. The van der Waals surface area contributed by atoms with Crippen LogP contribution in [0, 0.1) is 5.82 Å². The maximum Gasteiger partial charge on any atom is 0.243 e. The highest BCUT2D eigenvalue weighted by Gasteiger charge is 2.30. The predicted molar refractivity (Wildman–Crippen MR) is 138 cm³/mol. The van der Waals surface area contributed by atoms with Gasteiger partial charge in [0.2, 0.25) is 11.8 Å². The summed E-state index contributed by atoms with van der Waals surface area (Å²) in [7, 11) is 0. The van der Waals surface area contributed by atoms with Crippen LogP contribution in [0.15, 0.2) is 78.9 Å². The van der Waals surface area contributed by atoms with Gasteiger partial charge in [-0.1, -0.05) is 86.6 Å². The lowest BCUT2D eigenvalue weighted by Crippen LogP contribution is -2.50. The Balaban J connectivity index is 1.87. The van der Waals surface area contributed by atoms with E-state index in [1.54, 1.807) is 23.1 Å². The van der Waals surface area contributed by atoms with Gasteiger partial charge in [-0.05, 0) is 42.0 Å². The molecular formula is C30H35FN2O2. The van der Waals surface area contributed by atoms with Crippen LogP contribution in [-0.4, -0.2) is 29.3 Å². The first-order chi connectivity index (χ1) is 16.9. The highest BCUT2D eigenvalue weighted by Crippen LogP contribution is 2.19. The topological polar surface area (TPSA) is 49.4 Å². The van der Waals surface area contributed by atoms with Gasteiger partial charge in [0.1, 0.15) is 11.9 Å². The summed E-state index contributed by atoms with van der Waals surface area (Å²) in [5.74, 6) is -0.350. The van der Waals surface area contributed by atoms with E-state index in [-0.39, 0.29) is 30.6 Å². The van der Waals surface area contributed by atoms with E-state index in [2.05, 4.69) is 43.4 Å². The highest BCUT2D eigenvalue weighted by molar-refractivity contribution is 5.88. The zero-order valence-electron chi connectivity index (χ0n) is 20.8. The third-order valence-corrected chi connectivity index (χ3v) is 6.19.